The van der Waals surface area contributed by atoms with E-state index in [1.807, 2.05) is 115 Å². The van der Waals surface area contributed by atoms with Crippen LogP contribution in [0.1, 0.15) is 16.7 Å². The van der Waals surface area contributed by atoms with Gasteiger partial charge in [0.1, 0.15) is 0 Å². The molecule has 14 aromatic carbocycles. The Morgan fingerprint density at radius 2 is 0.459 bits per heavy atom. The first-order chi connectivity index (χ1) is 48.4. The van der Waals surface area contributed by atoms with Crippen molar-refractivity contribution in [3.63, 3.8) is 0 Å². The second kappa shape index (κ2) is 24.6. The minimum absolute atomic E-state index is 0.400. The molecule has 8 nitrogen and oxygen atoms in total. The van der Waals surface area contributed by atoms with Crippen molar-refractivity contribution >= 4 is 43.6 Å². The molecule has 0 unspecified atom stereocenters. The fourth-order valence-corrected chi connectivity index (χ4v) is 13.9. The molecule has 0 bridgehead atoms. The van der Waals surface area contributed by atoms with Crippen molar-refractivity contribution in [1.29, 1.82) is 15.8 Å². The predicted molar refractivity (Wildman–Crippen MR) is 397 cm³/mol. The molecule has 8 heteroatoms. The van der Waals surface area contributed by atoms with Gasteiger partial charge in [0.2, 0.25) is 0 Å². The number of hydrogen-bond acceptors (Lipinski definition) is 6. The summed E-state index contributed by atoms with van der Waals surface area (Å²) in [4.78, 5) is 17.2. The normalized spacial score (nSPS) is 11.2. The summed E-state index contributed by atoms with van der Waals surface area (Å²) in [5.74, 6) is 1.22. The molecule has 17 aromatic rings. The highest BCUT2D eigenvalue weighted by Gasteiger charge is 2.25. The Labute approximate surface area is 566 Å². The number of fused-ring (bicyclic) bond motifs is 6. The average molecular weight is 1250 g/mol. The van der Waals surface area contributed by atoms with Crippen LogP contribution < -0.4 is 0 Å². The van der Waals surface area contributed by atoms with Crippen LogP contribution in [-0.2, 0) is 0 Å². The van der Waals surface area contributed by atoms with E-state index in [0.29, 0.717) is 45.3 Å². The molecule has 17 rings (SSSR count). The molecule has 0 saturated heterocycles. The Bertz CT molecular complexity index is 5630. The second-order valence-electron chi connectivity index (χ2n) is 24.5. The van der Waals surface area contributed by atoms with Crippen LogP contribution in [0.25, 0.3) is 167 Å². The fourth-order valence-electron chi connectivity index (χ4n) is 13.9. The molecule has 0 amide bonds. The number of aromatic nitrogens is 5. The van der Waals surface area contributed by atoms with Gasteiger partial charge in [0.15, 0.2) is 17.5 Å². The Balaban J connectivity index is 0.974. The van der Waals surface area contributed by atoms with Crippen LogP contribution in [0.2, 0.25) is 0 Å². The van der Waals surface area contributed by atoms with E-state index < -0.39 is 0 Å². The van der Waals surface area contributed by atoms with Crippen LogP contribution in [0.5, 0.6) is 0 Å². The summed E-state index contributed by atoms with van der Waals surface area (Å²) in [6, 6.07) is 120. The SMILES string of the molecule is N#Cc1cccc(-c2cccc(-c3nc(-c4cc(-c5cccc(C#N)c5)ccc4-n4c5ccc(-c6ccccc6)cc5c5cc(-c6ccccc6)ccc54)nc(-c4cc(-c5cccc(C#N)c5)ccc4-n4c5ccc(-c6ccccc6)cc5c5cc(-c6ccccc6)ccc54)n3)c2)c1. The van der Waals surface area contributed by atoms with Crippen LogP contribution in [-0.4, -0.2) is 24.1 Å². The fraction of sp³-hybridized carbons (Fsp3) is 0. The van der Waals surface area contributed by atoms with Crippen molar-refractivity contribution in [2.24, 2.45) is 0 Å². The standard InChI is InChI=1S/C90H54N8/c91-55-58-17-13-28-65(45-58)68-31-16-32-75(48-68)88-94-89(80-53-73(66-29-14-18-59(46-66)56-92)37-43-86(80)97-82-39-33-69(61-20-5-1-6-21-61)49-76(82)77-50-70(34-40-83(77)97)62-22-7-2-8-23-62)96-90(95-88)81-54-74(67-30-15-19-60(47-67)57-93)38-44-87(81)98-84-41-35-71(63-24-9-3-10-25-63)51-78(84)79-52-72(36-42-85(79)98)64-26-11-4-12-27-64/h1-54H. The van der Waals surface area contributed by atoms with Gasteiger partial charge in [-0.15, -0.1) is 0 Å². The lowest BCUT2D eigenvalue weighted by Gasteiger charge is -2.18. The van der Waals surface area contributed by atoms with Gasteiger partial charge in [0.05, 0.1) is 68.3 Å². The molecule has 0 aliphatic heterocycles. The Hall–Kier alpha value is -13.8. The molecule has 98 heavy (non-hydrogen) atoms. The van der Waals surface area contributed by atoms with Crippen molar-refractivity contribution in [1.82, 2.24) is 24.1 Å². The van der Waals surface area contributed by atoms with E-state index in [1.165, 1.54) is 0 Å². The van der Waals surface area contributed by atoms with E-state index in [2.05, 4.69) is 240 Å². The number of rotatable bonds is 12. The zero-order valence-corrected chi connectivity index (χ0v) is 52.8. The van der Waals surface area contributed by atoms with E-state index in [1.54, 1.807) is 0 Å². The van der Waals surface area contributed by atoms with Gasteiger partial charge in [-0.2, -0.15) is 15.8 Å². The minimum Gasteiger partial charge on any atom is -0.308 e. The topological polar surface area (TPSA) is 120 Å². The molecule has 0 saturated carbocycles. The lowest BCUT2D eigenvalue weighted by atomic mass is 9.98. The first kappa shape index (κ1) is 58.0. The Morgan fingerprint density at radius 1 is 0.204 bits per heavy atom. The quantitative estimate of drug-likeness (QED) is 0.120. The van der Waals surface area contributed by atoms with E-state index in [0.717, 1.165) is 138 Å². The van der Waals surface area contributed by atoms with Gasteiger partial charge in [-0.05, 0) is 193 Å². The minimum atomic E-state index is 0.400. The molecule has 0 aliphatic rings. The van der Waals surface area contributed by atoms with Gasteiger partial charge < -0.3 is 9.13 Å². The smallest absolute Gasteiger partial charge is 0.166 e. The van der Waals surface area contributed by atoms with E-state index in [-0.39, 0.29) is 0 Å². The summed E-state index contributed by atoms with van der Waals surface area (Å²) < 4.78 is 4.68. The Kier molecular flexibility index (Phi) is 14.5. The van der Waals surface area contributed by atoms with Crippen LogP contribution in [0, 0.1) is 34.0 Å². The molecular weight excluding hydrogens is 1190 g/mol. The van der Waals surface area contributed by atoms with Crippen LogP contribution in [0.4, 0.5) is 0 Å². The monoisotopic (exact) mass is 1250 g/mol. The second-order valence-corrected chi connectivity index (χ2v) is 24.5. The average Bonchev–Trinajstić information content (AvgIpc) is 1.57. The number of benzene rings is 14. The summed E-state index contributed by atoms with van der Waals surface area (Å²) in [5, 5.41) is 35.1. The maximum atomic E-state index is 10.3. The first-order valence-electron chi connectivity index (χ1n) is 32.5. The van der Waals surface area contributed by atoms with Gasteiger partial charge in [-0.1, -0.05) is 212 Å². The molecule has 0 spiro atoms. The largest absolute Gasteiger partial charge is 0.308 e. The molecule has 3 aromatic heterocycles. The zero-order chi connectivity index (χ0) is 65.6. The van der Waals surface area contributed by atoms with E-state index in [9.17, 15) is 15.8 Å². The molecule has 0 fully saturated rings. The molecule has 0 radical (unpaired) electrons. The van der Waals surface area contributed by atoms with Crippen molar-refractivity contribution in [2.45, 2.75) is 0 Å². The van der Waals surface area contributed by atoms with Crippen molar-refractivity contribution in [3.8, 4) is 142 Å². The van der Waals surface area contributed by atoms with Gasteiger partial charge in [0, 0.05) is 38.2 Å². The lowest BCUT2D eigenvalue weighted by Crippen LogP contribution is -2.06. The van der Waals surface area contributed by atoms with Crippen molar-refractivity contribution < 1.29 is 0 Å². The van der Waals surface area contributed by atoms with Crippen LogP contribution >= 0.6 is 0 Å². The highest BCUT2D eigenvalue weighted by atomic mass is 15.1. The number of nitrogens with zero attached hydrogens (tertiary/aromatic N) is 8. The molecular formula is C90H54N8. The van der Waals surface area contributed by atoms with Gasteiger partial charge >= 0.3 is 0 Å². The van der Waals surface area contributed by atoms with Crippen molar-refractivity contribution in [3.05, 3.63) is 344 Å². The summed E-state index contributed by atoms with van der Waals surface area (Å²) in [6.45, 7) is 0. The summed E-state index contributed by atoms with van der Waals surface area (Å²) in [5.41, 5.74) is 23.4. The first-order valence-corrected chi connectivity index (χ1v) is 32.5. The van der Waals surface area contributed by atoms with E-state index in [4.69, 9.17) is 15.0 Å². The summed E-state index contributed by atoms with van der Waals surface area (Å²) in [7, 11) is 0. The lowest BCUT2D eigenvalue weighted by molar-refractivity contribution is 1.06. The number of hydrogen-bond donors (Lipinski definition) is 0. The van der Waals surface area contributed by atoms with Gasteiger partial charge in [-0.3, -0.25) is 0 Å². The third kappa shape index (κ3) is 10.6. The maximum Gasteiger partial charge on any atom is 0.166 e. The van der Waals surface area contributed by atoms with Gasteiger partial charge in [-0.25, -0.2) is 15.0 Å². The third-order valence-corrected chi connectivity index (χ3v) is 18.6. The van der Waals surface area contributed by atoms with Gasteiger partial charge in [0.25, 0.3) is 0 Å². The van der Waals surface area contributed by atoms with Crippen molar-refractivity contribution in [2.75, 3.05) is 0 Å². The zero-order valence-electron chi connectivity index (χ0n) is 52.8. The summed E-state index contributed by atoms with van der Waals surface area (Å²) >= 11 is 0. The predicted octanol–water partition coefficient (Wildman–Crippen LogP) is 22.4. The highest BCUT2D eigenvalue weighted by molar-refractivity contribution is 6.14. The molecule has 0 aliphatic carbocycles. The Morgan fingerprint density at radius 3 is 0.786 bits per heavy atom. The maximum absolute atomic E-state index is 10.3. The number of nitriles is 3. The molecule has 454 valence electrons. The van der Waals surface area contributed by atoms with Crippen LogP contribution in [0.3, 0.4) is 0 Å². The molecule has 3 heterocycles. The highest BCUT2D eigenvalue weighted by Crippen LogP contribution is 2.45. The molecule has 0 N–H and O–H groups in total. The third-order valence-electron chi connectivity index (χ3n) is 18.6. The molecule has 0 atom stereocenters. The summed E-state index contributed by atoms with van der Waals surface area (Å²) in [6.07, 6.45) is 0. The van der Waals surface area contributed by atoms with E-state index >= 15 is 0 Å². The van der Waals surface area contributed by atoms with Crippen LogP contribution in [0.15, 0.2) is 328 Å².